The smallest absolute Gasteiger partial charge is 0.106 e. The molecule has 1 heterocycles. The lowest BCUT2D eigenvalue weighted by Crippen LogP contribution is -2.18. The summed E-state index contributed by atoms with van der Waals surface area (Å²) in [5.41, 5.74) is 2.74. The van der Waals surface area contributed by atoms with E-state index in [1.807, 2.05) is 24.3 Å². The Bertz CT molecular complexity index is 505. The molecule has 2 aromatic rings. The van der Waals surface area contributed by atoms with Crippen LogP contribution in [0.15, 0.2) is 53.7 Å². The minimum absolute atomic E-state index is 0.107. The van der Waals surface area contributed by atoms with Gasteiger partial charge in [-0.1, -0.05) is 30.3 Å². The summed E-state index contributed by atoms with van der Waals surface area (Å²) in [5.74, 6) is 0. The molecule has 0 aliphatic heterocycles. The Balaban J connectivity index is 0.000000148. The molecule has 0 saturated heterocycles. The second-order valence-electron chi connectivity index (χ2n) is 4.42. The van der Waals surface area contributed by atoms with E-state index in [9.17, 15) is 5.11 Å². The number of fused-ring (bicyclic) bond motifs is 1. The van der Waals surface area contributed by atoms with Crippen LogP contribution in [0.2, 0.25) is 0 Å². The van der Waals surface area contributed by atoms with Gasteiger partial charge in [-0.25, -0.2) is 4.98 Å². The molecule has 100 valence electrons. The normalized spacial score (nSPS) is 17.1. The fourth-order valence-corrected chi connectivity index (χ4v) is 2.65. The Kier molecular flexibility index (Phi) is 5.76. The SMILES string of the molecule is OC1CCc2ccccc2C1.SSc1ccccn1. The van der Waals surface area contributed by atoms with Gasteiger partial charge in [-0.05, 0) is 53.3 Å². The molecular formula is C15H17NOS2. The van der Waals surface area contributed by atoms with Crippen molar-refractivity contribution >= 4 is 22.5 Å². The number of aliphatic hydroxyl groups is 1. The van der Waals surface area contributed by atoms with E-state index in [4.69, 9.17) is 0 Å². The highest BCUT2D eigenvalue weighted by Crippen LogP contribution is 2.20. The molecule has 1 atom stereocenters. The summed E-state index contributed by atoms with van der Waals surface area (Å²) in [6, 6.07) is 14.1. The molecule has 4 heteroatoms. The molecular weight excluding hydrogens is 274 g/mol. The third-order valence-electron chi connectivity index (χ3n) is 3.05. The van der Waals surface area contributed by atoms with E-state index in [1.54, 1.807) is 6.20 Å². The van der Waals surface area contributed by atoms with Crippen LogP contribution in [0.5, 0.6) is 0 Å². The predicted octanol–water partition coefficient (Wildman–Crippen LogP) is 3.55. The number of aryl methyl sites for hydroxylation is 1. The van der Waals surface area contributed by atoms with Crippen LogP contribution in [0, 0.1) is 0 Å². The quantitative estimate of drug-likeness (QED) is 0.622. The Hall–Kier alpha value is -0.970. The zero-order chi connectivity index (χ0) is 13.5. The summed E-state index contributed by atoms with van der Waals surface area (Å²) in [7, 11) is 1.35. The highest BCUT2D eigenvalue weighted by Gasteiger charge is 2.14. The van der Waals surface area contributed by atoms with Gasteiger partial charge >= 0.3 is 0 Å². The number of thiol groups is 1. The van der Waals surface area contributed by atoms with Crippen LogP contribution in [-0.2, 0) is 12.8 Å². The van der Waals surface area contributed by atoms with Crippen LogP contribution in [0.25, 0.3) is 0 Å². The Labute approximate surface area is 123 Å². The number of aromatic nitrogens is 1. The zero-order valence-corrected chi connectivity index (χ0v) is 12.3. The first-order chi connectivity index (χ1) is 9.29. The van der Waals surface area contributed by atoms with Gasteiger partial charge in [0.1, 0.15) is 5.03 Å². The summed E-state index contributed by atoms with van der Waals surface area (Å²) in [5, 5.41) is 10.3. The Morgan fingerprint density at radius 1 is 1.11 bits per heavy atom. The standard InChI is InChI=1S/C10H12O.C5H5NS2/c11-10-6-5-8-3-1-2-4-9(8)7-10;7-8-5-3-1-2-4-6-5/h1-4,10-11H,5-7H2;1-4,7H. The van der Waals surface area contributed by atoms with Crippen molar-refractivity contribution < 1.29 is 5.11 Å². The number of hydrogen-bond acceptors (Lipinski definition) is 4. The molecule has 2 nitrogen and oxygen atoms in total. The summed E-state index contributed by atoms with van der Waals surface area (Å²) < 4.78 is 0. The van der Waals surface area contributed by atoms with Gasteiger partial charge in [-0.2, -0.15) is 0 Å². The molecule has 0 bridgehead atoms. The first-order valence-electron chi connectivity index (χ1n) is 6.27. The molecule has 1 unspecified atom stereocenters. The molecule has 3 rings (SSSR count). The molecule has 19 heavy (non-hydrogen) atoms. The molecule has 0 amide bonds. The molecule has 1 aromatic carbocycles. The topological polar surface area (TPSA) is 33.1 Å². The zero-order valence-electron chi connectivity index (χ0n) is 10.6. The fraction of sp³-hybridized carbons (Fsp3) is 0.267. The van der Waals surface area contributed by atoms with Gasteiger partial charge in [0.2, 0.25) is 0 Å². The monoisotopic (exact) mass is 291 g/mol. The van der Waals surface area contributed by atoms with Crippen LogP contribution in [0.1, 0.15) is 17.5 Å². The molecule has 1 aliphatic carbocycles. The van der Waals surface area contributed by atoms with Gasteiger partial charge in [0.15, 0.2) is 0 Å². The second-order valence-corrected chi connectivity index (χ2v) is 5.57. The Morgan fingerprint density at radius 2 is 1.84 bits per heavy atom. The van der Waals surface area contributed by atoms with Gasteiger partial charge in [0.25, 0.3) is 0 Å². The number of nitrogens with zero attached hydrogens (tertiary/aromatic N) is 1. The summed E-state index contributed by atoms with van der Waals surface area (Å²) in [6.07, 6.45) is 4.45. The molecule has 0 saturated carbocycles. The molecule has 1 N–H and O–H groups in total. The lowest BCUT2D eigenvalue weighted by Gasteiger charge is -2.19. The third-order valence-corrected chi connectivity index (χ3v) is 4.04. The maximum atomic E-state index is 9.36. The predicted molar refractivity (Wildman–Crippen MR) is 83.6 cm³/mol. The highest BCUT2D eigenvalue weighted by molar-refractivity contribution is 8.68. The average Bonchev–Trinajstić information content (AvgIpc) is 2.48. The summed E-state index contributed by atoms with van der Waals surface area (Å²) >= 11 is 3.96. The van der Waals surface area contributed by atoms with Crippen molar-refractivity contribution in [3.8, 4) is 0 Å². The van der Waals surface area contributed by atoms with Crippen LogP contribution in [-0.4, -0.2) is 16.2 Å². The number of aliphatic hydroxyl groups excluding tert-OH is 1. The van der Waals surface area contributed by atoms with E-state index < -0.39 is 0 Å². The fourth-order valence-electron chi connectivity index (χ4n) is 2.08. The van der Waals surface area contributed by atoms with Gasteiger partial charge in [-0.15, -0.1) is 11.7 Å². The number of rotatable bonds is 1. The third kappa shape index (κ3) is 4.56. The minimum atomic E-state index is -0.107. The van der Waals surface area contributed by atoms with Crippen LogP contribution in [0.4, 0.5) is 0 Å². The van der Waals surface area contributed by atoms with E-state index in [2.05, 4.69) is 34.8 Å². The molecule has 1 aliphatic rings. The number of benzene rings is 1. The average molecular weight is 291 g/mol. The maximum absolute atomic E-state index is 9.36. The first kappa shape index (κ1) is 14.4. The van der Waals surface area contributed by atoms with Crippen LogP contribution in [0.3, 0.4) is 0 Å². The van der Waals surface area contributed by atoms with Crippen molar-refractivity contribution in [1.29, 1.82) is 0 Å². The van der Waals surface area contributed by atoms with E-state index >= 15 is 0 Å². The van der Waals surface area contributed by atoms with E-state index in [-0.39, 0.29) is 6.10 Å². The van der Waals surface area contributed by atoms with Crippen LogP contribution < -0.4 is 0 Å². The van der Waals surface area contributed by atoms with E-state index in [1.165, 1.54) is 21.9 Å². The van der Waals surface area contributed by atoms with Crippen molar-refractivity contribution in [3.05, 3.63) is 59.8 Å². The van der Waals surface area contributed by atoms with Gasteiger partial charge in [0.05, 0.1) is 6.10 Å². The largest absolute Gasteiger partial charge is 0.393 e. The van der Waals surface area contributed by atoms with Gasteiger partial charge in [0, 0.05) is 6.20 Å². The Morgan fingerprint density at radius 3 is 2.47 bits per heavy atom. The maximum Gasteiger partial charge on any atom is 0.106 e. The summed E-state index contributed by atoms with van der Waals surface area (Å²) in [6.45, 7) is 0. The van der Waals surface area contributed by atoms with Crippen molar-refractivity contribution in [2.24, 2.45) is 0 Å². The number of pyridine rings is 1. The molecule has 0 radical (unpaired) electrons. The van der Waals surface area contributed by atoms with Crippen molar-refractivity contribution in [3.63, 3.8) is 0 Å². The van der Waals surface area contributed by atoms with Crippen molar-refractivity contribution in [1.82, 2.24) is 4.98 Å². The van der Waals surface area contributed by atoms with Crippen molar-refractivity contribution in [2.75, 3.05) is 0 Å². The van der Waals surface area contributed by atoms with Crippen LogP contribution >= 0.6 is 22.5 Å². The molecule has 0 spiro atoms. The minimum Gasteiger partial charge on any atom is -0.393 e. The first-order valence-corrected chi connectivity index (χ1v) is 8.14. The van der Waals surface area contributed by atoms with E-state index in [0.717, 1.165) is 24.3 Å². The van der Waals surface area contributed by atoms with E-state index in [0.29, 0.717) is 0 Å². The lowest BCUT2D eigenvalue weighted by atomic mass is 9.90. The van der Waals surface area contributed by atoms with Crippen molar-refractivity contribution in [2.45, 2.75) is 30.4 Å². The number of hydrogen-bond donors (Lipinski definition) is 2. The molecule has 0 fully saturated rings. The van der Waals surface area contributed by atoms with Gasteiger partial charge in [-0.3, -0.25) is 0 Å². The van der Waals surface area contributed by atoms with Gasteiger partial charge < -0.3 is 5.11 Å². The summed E-state index contributed by atoms with van der Waals surface area (Å²) in [4.78, 5) is 3.98. The highest BCUT2D eigenvalue weighted by atomic mass is 33.1. The molecule has 1 aromatic heterocycles. The second kappa shape index (κ2) is 7.58. The lowest BCUT2D eigenvalue weighted by molar-refractivity contribution is 0.158.